The molecule has 1 aromatic heterocycles. The summed E-state index contributed by atoms with van der Waals surface area (Å²) >= 11 is 0. The predicted molar refractivity (Wildman–Crippen MR) is 113 cm³/mol. The zero-order chi connectivity index (χ0) is 21.5. The molecule has 0 fully saturated rings. The van der Waals surface area contributed by atoms with Crippen molar-refractivity contribution in [3.05, 3.63) is 71.2 Å². The van der Waals surface area contributed by atoms with Gasteiger partial charge in [-0.3, -0.25) is 4.79 Å². The van der Waals surface area contributed by atoms with Crippen molar-refractivity contribution >= 4 is 11.7 Å². The summed E-state index contributed by atoms with van der Waals surface area (Å²) in [6, 6.07) is 12.3. The van der Waals surface area contributed by atoms with Crippen LogP contribution >= 0.6 is 0 Å². The number of rotatable bonds is 4. The maximum Gasteiger partial charge on any atom is 0.226 e. The second kappa shape index (κ2) is 7.46. The third kappa shape index (κ3) is 3.20. The number of hydrogen-bond donors (Lipinski definition) is 2. The summed E-state index contributed by atoms with van der Waals surface area (Å²) in [7, 11) is 3.20. The minimum absolute atomic E-state index is 0.00199. The van der Waals surface area contributed by atoms with Crippen LogP contribution in [0.15, 0.2) is 60.1 Å². The Hall–Kier alpha value is -3.81. The number of ketones is 1. The number of fused-ring (bicyclic) bond motifs is 1. The fourth-order valence-electron chi connectivity index (χ4n) is 4.50. The smallest absolute Gasteiger partial charge is 0.226 e. The summed E-state index contributed by atoms with van der Waals surface area (Å²) in [5.74, 6) is 2.06. The van der Waals surface area contributed by atoms with E-state index in [2.05, 4.69) is 15.4 Å². The maximum absolute atomic E-state index is 13.4. The molecule has 0 saturated heterocycles. The lowest BCUT2D eigenvalue weighted by Gasteiger charge is -2.35. The van der Waals surface area contributed by atoms with Crippen molar-refractivity contribution in [3.63, 3.8) is 0 Å². The van der Waals surface area contributed by atoms with Crippen molar-refractivity contribution in [1.29, 1.82) is 0 Å². The van der Waals surface area contributed by atoms with Crippen molar-refractivity contribution in [3.8, 4) is 17.2 Å². The topological polar surface area (TPSA) is 98.5 Å². The number of benzene rings is 2. The van der Waals surface area contributed by atoms with Gasteiger partial charge < -0.3 is 19.9 Å². The molecule has 5 rings (SSSR count). The summed E-state index contributed by atoms with van der Waals surface area (Å²) < 4.78 is 12.5. The molecule has 2 aliphatic rings. The molecule has 0 radical (unpaired) electrons. The zero-order valence-corrected chi connectivity index (χ0v) is 17.2. The number of methoxy groups -OCH3 is 2. The van der Waals surface area contributed by atoms with E-state index < -0.39 is 6.04 Å². The van der Waals surface area contributed by atoms with Crippen LogP contribution < -0.4 is 14.8 Å². The van der Waals surface area contributed by atoms with E-state index in [-0.39, 0.29) is 17.5 Å². The zero-order valence-electron chi connectivity index (χ0n) is 17.2. The Labute approximate surface area is 179 Å². The first kappa shape index (κ1) is 19.2. The van der Waals surface area contributed by atoms with E-state index in [1.54, 1.807) is 37.1 Å². The molecule has 2 heterocycles. The summed E-state index contributed by atoms with van der Waals surface area (Å²) in [6.07, 6.45) is 2.49. The van der Waals surface area contributed by atoms with Crippen LogP contribution in [0, 0.1) is 0 Å². The number of ether oxygens (including phenoxy) is 2. The Kier molecular flexibility index (Phi) is 4.62. The van der Waals surface area contributed by atoms with Crippen molar-refractivity contribution in [2.24, 2.45) is 0 Å². The van der Waals surface area contributed by atoms with Crippen LogP contribution in [-0.2, 0) is 4.79 Å². The largest absolute Gasteiger partial charge is 0.508 e. The summed E-state index contributed by atoms with van der Waals surface area (Å²) in [6.45, 7) is 0. The summed E-state index contributed by atoms with van der Waals surface area (Å²) in [5, 5.41) is 17.6. The minimum atomic E-state index is -0.431. The van der Waals surface area contributed by atoms with Gasteiger partial charge in [-0.15, -0.1) is 0 Å². The lowest BCUT2D eigenvalue weighted by molar-refractivity contribution is -0.116. The second-order valence-electron chi connectivity index (χ2n) is 7.69. The van der Waals surface area contributed by atoms with E-state index in [9.17, 15) is 9.90 Å². The molecule has 2 atom stereocenters. The monoisotopic (exact) mass is 418 g/mol. The van der Waals surface area contributed by atoms with Gasteiger partial charge in [-0.1, -0.05) is 18.2 Å². The lowest BCUT2D eigenvalue weighted by atomic mass is 9.78. The van der Waals surface area contributed by atoms with Crippen LogP contribution in [0.1, 0.15) is 35.9 Å². The van der Waals surface area contributed by atoms with Gasteiger partial charge in [0.15, 0.2) is 17.3 Å². The standard InChI is InChI=1S/C23H22N4O4/c1-30-19-7-6-13(11-20(19)31-2)15-9-17-21(18(29)10-15)22(14-4-3-5-16(28)8-14)27-23(26-17)24-12-25-27/h3-8,11-12,15,22,28H,9-10H2,1-2H3,(H,24,25,26). The van der Waals surface area contributed by atoms with Gasteiger partial charge in [0, 0.05) is 17.7 Å². The number of aromatic hydroxyl groups is 1. The third-order valence-corrected chi connectivity index (χ3v) is 5.93. The van der Waals surface area contributed by atoms with E-state index in [4.69, 9.17) is 9.47 Å². The maximum atomic E-state index is 13.4. The van der Waals surface area contributed by atoms with E-state index in [0.717, 1.165) is 16.8 Å². The van der Waals surface area contributed by atoms with Crippen molar-refractivity contribution < 1.29 is 19.4 Å². The number of nitrogens with zero attached hydrogens (tertiary/aromatic N) is 3. The second-order valence-corrected chi connectivity index (χ2v) is 7.69. The number of carbonyl (C=O) groups is 1. The molecule has 0 amide bonds. The predicted octanol–water partition coefficient (Wildman–Crippen LogP) is 3.42. The molecular weight excluding hydrogens is 396 g/mol. The van der Waals surface area contributed by atoms with Crippen LogP contribution in [0.3, 0.4) is 0 Å². The first-order chi connectivity index (χ1) is 15.1. The van der Waals surface area contributed by atoms with E-state index in [1.807, 2.05) is 24.3 Å². The first-order valence-corrected chi connectivity index (χ1v) is 10.0. The molecule has 158 valence electrons. The number of allylic oxidation sites excluding steroid dienone is 2. The molecule has 8 nitrogen and oxygen atoms in total. The molecule has 0 spiro atoms. The lowest BCUT2D eigenvalue weighted by Crippen LogP contribution is -2.33. The van der Waals surface area contributed by atoms with Gasteiger partial charge in [0.25, 0.3) is 0 Å². The first-order valence-electron chi connectivity index (χ1n) is 10.0. The number of anilines is 1. The number of phenols is 1. The van der Waals surface area contributed by atoms with Gasteiger partial charge in [0.1, 0.15) is 18.1 Å². The molecule has 8 heteroatoms. The van der Waals surface area contributed by atoms with E-state index in [0.29, 0.717) is 35.9 Å². The van der Waals surface area contributed by atoms with Gasteiger partial charge in [0.05, 0.1) is 14.2 Å². The number of carbonyl (C=O) groups excluding carboxylic acids is 1. The normalized spacial score (nSPS) is 20.0. The van der Waals surface area contributed by atoms with Gasteiger partial charge in [-0.2, -0.15) is 10.1 Å². The highest BCUT2D eigenvalue weighted by Crippen LogP contribution is 2.45. The molecule has 2 N–H and O–H groups in total. The fraction of sp³-hybridized carbons (Fsp3) is 0.261. The number of aromatic nitrogens is 3. The average molecular weight is 418 g/mol. The van der Waals surface area contributed by atoms with E-state index in [1.165, 1.54) is 6.33 Å². The highest BCUT2D eigenvalue weighted by atomic mass is 16.5. The Balaban J connectivity index is 1.56. The molecule has 2 aromatic carbocycles. The Morgan fingerprint density at radius 3 is 2.68 bits per heavy atom. The Bertz CT molecular complexity index is 1200. The molecule has 1 aliphatic heterocycles. The molecule has 31 heavy (non-hydrogen) atoms. The molecular formula is C23H22N4O4. The Morgan fingerprint density at radius 1 is 1.06 bits per heavy atom. The fourth-order valence-corrected chi connectivity index (χ4v) is 4.50. The van der Waals surface area contributed by atoms with Crippen LogP contribution in [0.5, 0.6) is 17.2 Å². The van der Waals surface area contributed by atoms with Gasteiger partial charge in [-0.25, -0.2) is 4.68 Å². The summed E-state index contributed by atoms with van der Waals surface area (Å²) in [4.78, 5) is 17.7. The minimum Gasteiger partial charge on any atom is -0.508 e. The quantitative estimate of drug-likeness (QED) is 0.670. The van der Waals surface area contributed by atoms with E-state index >= 15 is 0 Å². The molecule has 1 aliphatic carbocycles. The van der Waals surface area contributed by atoms with Crippen molar-refractivity contribution in [2.45, 2.75) is 24.8 Å². The van der Waals surface area contributed by atoms with Crippen LogP contribution in [-0.4, -0.2) is 39.9 Å². The SMILES string of the molecule is COc1ccc(C2CC(=O)C3=C(C2)Nc2ncnn2C3c2cccc(O)c2)cc1OC. The molecule has 0 bridgehead atoms. The molecule has 2 unspecified atom stereocenters. The van der Waals surface area contributed by atoms with Crippen LogP contribution in [0.2, 0.25) is 0 Å². The Morgan fingerprint density at radius 2 is 1.90 bits per heavy atom. The summed E-state index contributed by atoms with van der Waals surface area (Å²) in [5.41, 5.74) is 3.31. The average Bonchev–Trinajstić information content (AvgIpc) is 3.25. The number of phenolic OH excluding ortho intramolecular Hbond substituents is 1. The highest BCUT2D eigenvalue weighted by Gasteiger charge is 2.39. The van der Waals surface area contributed by atoms with Gasteiger partial charge >= 0.3 is 0 Å². The van der Waals surface area contributed by atoms with Crippen molar-refractivity contribution in [2.75, 3.05) is 19.5 Å². The highest BCUT2D eigenvalue weighted by molar-refractivity contribution is 6.00. The van der Waals surface area contributed by atoms with Gasteiger partial charge in [0.2, 0.25) is 5.95 Å². The molecule has 3 aromatic rings. The molecule has 0 saturated carbocycles. The van der Waals surface area contributed by atoms with Crippen molar-refractivity contribution in [1.82, 2.24) is 14.8 Å². The van der Waals surface area contributed by atoms with Crippen LogP contribution in [0.25, 0.3) is 0 Å². The number of nitrogens with one attached hydrogen (secondary N) is 1. The number of hydrogen-bond acceptors (Lipinski definition) is 7. The van der Waals surface area contributed by atoms with Gasteiger partial charge in [-0.05, 0) is 47.7 Å². The number of Topliss-reactive ketones (excluding diaryl/α,β-unsaturated/α-hetero) is 1. The van der Waals surface area contributed by atoms with Crippen LogP contribution in [0.4, 0.5) is 5.95 Å². The third-order valence-electron chi connectivity index (χ3n) is 5.93.